The monoisotopic (exact) mass is 386 g/mol. The predicted molar refractivity (Wildman–Crippen MR) is 112 cm³/mol. The zero-order valence-corrected chi connectivity index (χ0v) is 16.7. The van der Waals surface area contributed by atoms with Gasteiger partial charge in [0.1, 0.15) is 18.1 Å². The largest absolute Gasteiger partial charge is 0.491 e. The van der Waals surface area contributed by atoms with Crippen LogP contribution in [0, 0.1) is 0 Å². The highest BCUT2D eigenvalue weighted by molar-refractivity contribution is 5.95. The molecule has 0 radical (unpaired) electrons. The van der Waals surface area contributed by atoms with Crippen molar-refractivity contribution in [1.29, 1.82) is 0 Å². The number of rotatable bonds is 13. The molecule has 0 saturated carbocycles. The molecule has 0 fully saturated rings. The molecule has 0 aromatic heterocycles. The lowest BCUT2D eigenvalue weighted by atomic mass is 10.2. The Morgan fingerprint density at radius 3 is 2.21 bits per heavy atom. The minimum atomic E-state index is -0.163. The number of ether oxygens (including phenoxy) is 3. The van der Waals surface area contributed by atoms with E-state index in [1.165, 1.54) is 0 Å². The van der Waals surface area contributed by atoms with Crippen molar-refractivity contribution in [2.45, 2.75) is 26.7 Å². The third kappa shape index (κ3) is 7.48. The van der Waals surface area contributed by atoms with E-state index in [1.54, 1.807) is 0 Å². The van der Waals surface area contributed by atoms with Crippen LogP contribution in [0.25, 0.3) is 0 Å². The van der Waals surface area contributed by atoms with Crippen molar-refractivity contribution in [3.63, 3.8) is 0 Å². The molecule has 152 valence electrons. The summed E-state index contributed by atoms with van der Waals surface area (Å²) in [6, 6.07) is 15.0. The number of unbranched alkanes of at least 4 members (excludes halogenated alkanes) is 1. The van der Waals surface area contributed by atoms with Gasteiger partial charge in [-0.1, -0.05) is 37.6 Å². The van der Waals surface area contributed by atoms with E-state index in [9.17, 15) is 4.79 Å². The number of hydrogen-bond donors (Lipinski definition) is 2. The average Bonchev–Trinajstić information content (AvgIpc) is 2.72. The molecule has 6 heteroatoms. The summed E-state index contributed by atoms with van der Waals surface area (Å²) >= 11 is 0. The molecule has 2 rings (SSSR count). The lowest BCUT2D eigenvalue weighted by Gasteiger charge is -2.14. The number of hydrogen-bond acceptors (Lipinski definition) is 5. The molecular weight excluding hydrogens is 356 g/mol. The Morgan fingerprint density at radius 2 is 1.50 bits per heavy atom. The van der Waals surface area contributed by atoms with Crippen LogP contribution in [0.15, 0.2) is 48.5 Å². The molecule has 2 aromatic rings. The fourth-order valence-corrected chi connectivity index (χ4v) is 2.49. The van der Waals surface area contributed by atoms with Crippen LogP contribution in [0.2, 0.25) is 0 Å². The van der Waals surface area contributed by atoms with Crippen molar-refractivity contribution in [1.82, 2.24) is 0 Å². The van der Waals surface area contributed by atoms with E-state index in [0.29, 0.717) is 37.9 Å². The number of nitrogens with one attached hydrogen (secondary N) is 2. The molecule has 0 atom stereocenters. The summed E-state index contributed by atoms with van der Waals surface area (Å²) in [6.45, 7) is 6.44. The van der Waals surface area contributed by atoms with Gasteiger partial charge in [0.25, 0.3) is 0 Å². The minimum absolute atomic E-state index is 0.126. The van der Waals surface area contributed by atoms with Crippen LogP contribution < -0.4 is 20.1 Å². The summed E-state index contributed by atoms with van der Waals surface area (Å²) < 4.78 is 16.8. The minimum Gasteiger partial charge on any atom is -0.491 e. The molecule has 0 aliphatic carbocycles. The van der Waals surface area contributed by atoms with E-state index >= 15 is 0 Å². The van der Waals surface area contributed by atoms with E-state index in [1.807, 2.05) is 55.5 Å². The summed E-state index contributed by atoms with van der Waals surface area (Å²) in [7, 11) is 0. The molecule has 0 aliphatic heterocycles. The zero-order valence-electron chi connectivity index (χ0n) is 16.7. The summed E-state index contributed by atoms with van der Waals surface area (Å²) in [6.07, 6.45) is 2.07. The van der Waals surface area contributed by atoms with Crippen molar-refractivity contribution < 1.29 is 19.0 Å². The van der Waals surface area contributed by atoms with Gasteiger partial charge in [0, 0.05) is 6.61 Å². The van der Waals surface area contributed by atoms with Crippen molar-refractivity contribution in [3.05, 3.63) is 48.5 Å². The average molecular weight is 386 g/mol. The van der Waals surface area contributed by atoms with Crippen molar-refractivity contribution >= 4 is 17.3 Å². The van der Waals surface area contributed by atoms with Crippen LogP contribution in [0.4, 0.5) is 11.4 Å². The SMILES string of the molecule is CCCCOc1ccccc1NCC(=O)Nc1ccccc1OCCOCC. The van der Waals surface area contributed by atoms with Gasteiger partial charge in [-0.05, 0) is 37.6 Å². The zero-order chi connectivity index (χ0) is 20.0. The molecule has 0 heterocycles. The van der Waals surface area contributed by atoms with Gasteiger partial charge in [-0.25, -0.2) is 0 Å². The van der Waals surface area contributed by atoms with Crippen LogP contribution in [0.3, 0.4) is 0 Å². The first kappa shape index (κ1) is 21.6. The van der Waals surface area contributed by atoms with Crippen molar-refractivity contribution in [2.24, 2.45) is 0 Å². The third-order valence-electron chi connectivity index (χ3n) is 3.93. The summed E-state index contributed by atoms with van der Waals surface area (Å²) in [5.74, 6) is 1.21. The molecule has 6 nitrogen and oxygen atoms in total. The lowest BCUT2D eigenvalue weighted by Crippen LogP contribution is -2.22. The van der Waals surface area contributed by atoms with E-state index in [4.69, 9.17) is 14.2 Å². The van der Waals surface area contributed by atoms with Gasteiger partial charge < -0.3 is 24.8 Å². The normalized spacial score (nSPS) is 10.4. The number of amides is 1. The quantitative estimate of drug-likeness (QED) is 0.502. The maximum absolute atomic E-state index is 12.4. The molecule has 0 aliphatic rings. The Morgan fingerprint density at radius 1 is 0.857 bits per heavy atom. The number of anilines is 2. The van der Waals surface area contributed by atoms with E-state index in [2.05, 4.69) is 17.6 Å². The molecular formula is C22H30N2O4. The first-order chi connectivity index (χ1) is 13.7. The fourth-order valence-electron chi connectivity index (χ4n) is 2.49. The maximum atomic E-state index is 12.4. The van der Waals surface area contributed by atoms with E-state index in [0.717, 1.165) is 24.3 Å². The van der Waals surface area contributed by atoms with E-state index < -0.39 is 0 Å². The second-order valence-corrected chi connectivity index (χ2v) is 6.14. The van der Waals surface area contributed by atoms with Crippen molar-refractivity contribution in [3.8, 4) is 11.5 Å². The highest BCUT2D eigenvalue weighted by atomic mass is 16.5. The summed E-state index contributed by atoms with van der Waals surface area (Å²) in [5, 5.41) is 6.03. The van der Waals surface area contributed by atoms with Gasteiger partial charge in [-0.3, -0.25) is 4.79 Å². The fraction of sp³-hybridized carbons (Fsp3) is 0.409. The standard InChI is InChI=1S/C22H30N2O4/c1-3-5-14-27-20-12-8-6-10-18(20)23-17-22(25)24-19-11-7-9-13-21(19)28-16-15-26-4-2/h6-13,23H,3-5,14-17H2,1-2H3,(H,24,25). The predicted octanol–water partition coefficient (Wildman–Crippen LogP) is 4.33. The third-order valence-corrected chi connectivity index (χ3v) is 3.93. The molecule has 1 amide bonds. The highest BCUT2D eigenvalue weighted by Gasteiger charge is 2.09. The smallest absolute Gasteiger partial charge is 0.243 e. The van der Waals surface area contributed by atoms with Gasteiger partial charge in [0.2, 0.25) is 5.91 Å². The van der Waals surface area contributed by atoms with E-state index in [-0.39, 0.29) is 12.5 Å². The molecule has 0 unspecified atom stereocenters. The van der Waals surface area contributed by atoms with Crippen LogP contribution >= 0.6 is 0 Å². The Hall–Kier alpha value is -2.73. The molecule has 2 aromatic carbocycles. The van der Waals surface area contributed by atoms with Gasteiger partial charge in [-0.2, -0.15) is 0 Å². The first-order valence-electron chi connectivity index (χ1n) is 9.79. The first-order valence-corrected chi connectivity index (χ1v) is 9.79. The number of carbonyl (C=O) groups is 1. The molecule has 28 heavy (non-hydrogen) atoms. The Kier molecular flexibility index (Phi) is 9.72. The number of benzene rings is 2. The topological polar surface area (TPSA) is 68.8 Å². The van der Waals surface area contributed by atoms with Crippen LogP contribution in [0.1, 0.15) is 26.7 Å². The highest BCUT2D eigenvalue weighted by Crippen LogP contribution is 2.25. The van der Waals surface area contributed by atoms with Gasteiger partial charge in [0.05, 0.1) is 31.1 Å². The Labute approximate surface area is 167 Å². The van der Waals surface area contributed by atoms with Crippen LogP contribution in [-0.2, 0) is 9.53 Å². The Bertz CT molecular complexity index is 721. The molecule has 2 N–H and O–H groups in total. The van der Waals surface area contributed by atoms with Crippen molar-refractivity contribution in [2.75, 3.05) is 43.6 Å². The molecule has 0 saturated heterocycles. The summed E-state index contributed by atoms with van der Waals surface area (Å²) in [5.41, 5.74) is 1.44. The van der Waals surface area contributed by atoms with Crippen LogP contribution in [0.5, 0.6) is 11.5 Å². The van der Waals surface area contributed by atoms with Gasteiger partial charge >= 0.3 is 0 Å². The lowest BCUT2D eigenvalue weighted by molar-refractivity contribution is -0.114. The molecule has 0 spiro atoms. The molecule has 0 bridgehead atoms. The number of carbonyl (C=O) groups excluding carboxylic acids is 1. The number of para-hydroxylation sites is 4. The van der Waals surface area contributed by atoms with Crippen LogP contribution in [-0.4, -0.2) is 38.9 Å². The summed E-state index contributed by atoms with van der Waals surface area (Å²) in [4.78, 5) is 12.4. The Balaban J connectivity index is 1.88. The second-order valence-electron chi connectivity index (χ2n) is 6.14. The van der Waals surface area contributed by atoms with Gasteiger partial charge in [0.15, 0.2) is 0 Å². The van der Waals surface area contributed by atoms with Gasteiger partial charge in [-0.15, -0.1) is 0 Å². The second kappa shape index (κ2) is 12.6. The maximum Gasteiger partial charge on any atom is 0.243 e.